The average molecular weight is 384 g/mol. The monoisotopic (exact) mass is 383 g/mol. The zero-order valence-corrected chi connectivity index (χ0v) is 18.7. The highest BCUT2D eigenvalue weighted by Crippen LogP contribution is 2.22. The third-order valence-corrected chi connectivity index (χ3v) is 4.85. The lowest BCUT2D eigenvalue weighted by atomic mass is 9.83. The Morgan fingerprint density at radius 1 is 0.963 bits per heavy atom. The SMILES string of the molecule is CCCC(C)(C)N[C@@H](CCCCNC(=O)CCCCCN)C(=O)C(C)(C)C. The molecule has 0 fully saturated rings. The second-order valence-electron chi connectivity index (χ2n) is 9.39. The first-order valence-electron chi connectivity index (χ1n) is 10.8. The van der Waals surface area contributed by atoms with Gasteiger partial charge in [-0.05, 0) is 58.9 Å². The van der Waals surface area contributed by atoms with Crippen molar-refractivity contribution in [3.63, 3.8) is 0 Å². The fourth-order valence-corrected chi connectivity index (χ4v) is 3.36. The van der Waals surface area contributed by atoms with Crippen LogP contribution in [0.25, 0.3) is 0 Å². The van der Waals surface area contributed by atoms with Gasteiger partial charge in [0.05, 0.1) is 6.04 Å². The number of amides is 1. The summed E-state index contributed by atoms with van der Waals surface area (Å²) < 4.78 is 0. The van der Waals surface area contributed by atoms with Crippen molar-refractivity contribution in [1.82, 2.24) is 10.6 Å². The Morgan fingerprint density at radius 2 is 1.63 bits per heavy atom. The van der Waals surface area contributed by atoms with Gasteiger partial charge in [-0.2, -0.15) is 0 Å². The molecule has 0 aliphatic carbocycles. The zero-order chi connectivity index (χ0) is 20.9. The molecule has 0 radical (unpaired) electrons. The van der Waals surface area contributed by atoms with Crippen LogP contribution in [0.4, 0.5) is 0 Å². The molecule has 0 saturated heterocycles. The maximum atomic E-state index is 12.8. The summed E-state index contributed by atoms with van der Waals surface area (Å²) in [6.07, 6.45) is 8.26. The van der Waals surface area contributed by atoms with Crippen molar-refractivity contribution in [2.75, 3.05) is 13.1 Å². The molecule has 5 nitrogen and oxygen atoms in total. The van der Waals surface area contributed by atoms with Gasteiger partial charge in [0, 0.05) is 23.9 Å². The van der Waals surface area contributed by atoms with Gasteiger partial charge in [0.2, 0.25) is 5.91 Å². The Kier molecular flexibility index (Phi) is 12.8. The molecule has 5 heteroatoms. The summed E-state index contributed by atoms with van der Waals surface area (Å²) in [6.45, 7) is 13.9. The summed E-state index contributed by atoms with van der Waals surface area (Å²) in [5.41, 5.74) is 5.06. The van der Waals surface area contributed by atoms with E-state index in [0.29, 0.717) is 19.5 Å². The molecule has 0 rings (SSSR count). The van der Waals surface area contributed by atoms with E-state index in [1.54, 1.807) is 0 Å². The molecule has 0 aliphatic heterocycles. The van der Waals surface area contributed by atoms with E-state index < -0.39 is 0 Å². The average Bonchev–Trinajstić information content (AvgIpc) is 2.55. The Bertz CT molecular complexity index is 428. The van der Waals surface area contributed by atoms with Gasteiger partial charge in [-0.15, -0.1) is 0 Å². The van der Waals surface area contributed by atoms with Crippen LogP contribution in [0.1, 0.15) is 99.3 Å². The first-order chi connectivity index (χ1) is 12.5. The van der Waals surface area contributed by atoms with Gasteiger partial charge in [-0.25, -0.2) is 0 Å². The van der Waals surface area contributed by atoms with Crippen molar-refractivity contribution in [2.24, 2.45) is 11.1 Å². The van der Waals surface area contributed by atoms with Crippen LogP contribution in [0.5, 0.6) is 0 Å². The van der Waals surface area contributed by atoms with Crippen LogP contribution in [-0.4, -0.2) is 36.4 Å². The van der Waals surface area contributed by atoms with E-state index in [0.717, 1.165) is 51.4 Å². The molecule has 0 aromatic heterocycles. The van der Waals surface area contributed by atoms with Crippen molar-refractivity contribution in [3.8, 4) is 0 Å². The molecule has 0 unspecified atom stereocenters. The van der Waals surface area contributed by atoms with E-state index >= 15 is 0 Å². The molecule has 0 heterocycles. The normalized spacial score (nSPS) is 13.4. The van der Waals surface area contributed by atoms with Crippen LogP contribution in [0.2, 0.25) is 0 Å². The van der Waals surface area contributed by atoms with Gasteiger partial charge in [0.1, 0.15) is 0 Å². The van der Waals surface area contributed by atoms with Gasteiger partial charge in [-0.3, -0.25) is 9.59 Å². The second kappa shape index (κ2) is 13.3. The topological polar surface area (TPSA) is 84.2 Å². The number of carbonyl (C=O) groups is 2. The van der Waals surface area contributed by atoms with Gasteiger partial charge in [0.25, 0.3) is 0 Å². The lowest BCUT2D eigenvalue weighted by Crippen LogP contribution is -2.52. The van der Waals surface area contributed by atoms with E-state index in [9.17, 15) is 9.59 Å². The molecule has 4 N–H and O–H groups in total. The summed E-state index contributed by atoms with van der Waals surface area (Å²) >= 11 is 0. The quantitative estimate of drug-likeness (QED) is 0.374. The third-order valence-electron chi connectivity index (χ3n) is 4.85. The summed E-state index contributed by atoms with van der Waals surface area (Å²) in [5.74, 6) is 0.396. The molecule has 0 aliphatic rings. The first kappa shape index (κ1) is 26.1. The molecule has 0 aromatic rings. The number of carbonyl (C=O) groups excluding carboxylic acids is 2. The predicted molar refractivity (Wildman–Crippen MR) is 115 cm³/mol. The highest BCUT2D eigenvalue weighted by atomic mass is 16.1. The zero-order valence-electron chi connectivity index (χ0n) is 18.7. The van der Waals surface area contributed by atoms with Crippen molar-refractivity contribution in [1.29, 1.82) is 0 Å². The number of rotatable bonds is 15. The molecule has 0 saturated carbocycles. The van der Waals surface area contributed by atoms with Crippen molar-refractivity contribution < 1.29 is 9.59 Å². The summed E-state index contributed by atoms with van der Waals surface area (Å²) in [5, 5.41) is 6.58. The lowest BCUT2D eigenvalue weighted by molar-refractivity contribution is -0.129. The Labute approximate surface area is 167 Å². The maximum Gasteiger partial charge on any atom is 0.219 e. The minimum atomic E-state index is -0.349. The molecule has 0 aromatic carbocycles. The van der Waals surface area contributed by atoms with E-state index in [4.69, 9.17) is 5.73 Å². The van der Waals surface area contributed by atoms with E-state index in [1.807, 2.05) is 20.8 Å². The molecule has 1 atom stereocenters. The lowest BCUT2D eigenvalue weighted by Gasteiger charge is -2.34. The van der Waals surface area contributed by atoms with Crippen LogP contribution >= 0.6 is 0 Å². The number of nitrogens with one attached hydrogen (secondary N) is 2. The van der Waals surface area contributed by atoms with Crippen LogP contribution in [-0.2, 0) is 9.59 Å². The van der Waals surface area contributed by atoms with Crippen LogP contribution < -0.4 is 16.4 Å². The van der Waals surface area contributed by atoms with Crippen LogP contribution in [0.3, 0.4) is 0 Å². The number of hydrogen-bond acceptors (Lipinski definition) is 4. The third kappa shape index (κ3) is 13.0. The van der Waals surface area contributed by atoms with Gasteiger partial charge < -0.3 is 16.4 Å². The van der Waals surface area contributed by atoms with Crippen molar-refractivity contribution in [3.05, 3.63) is 0 Å². The smallest absolute Gasteiger partial charge is 0.219 e. The minimum Gasteiger partial charge on any atom is -0.356 e. The second-order valence-corrected chi connectivity index (χ2v) is 9.39. The van der Waals surface area contributed by atoms with Crippen LogP contribution in [0, 0.1) is 5.41 Å². The standard InChI is InChI=1S/C22H45N3O2/c1-7-15-22(5,6)25-18(20(27)21(2,3)4)13-10-12-17-24-19(26)14-9-8-11-16-23/h18,25H,7-17,23H2,1-6H3,(H,24,26)/t18-/m0/s1. The summed E-state index contributed by atoms with van der Waals surface area (Å²) in [4.78, 5) is 24.6. The number of nitrogens with two attached hydrogens (primary N) is 1. The highest BCUT2D eigenvalue weighted by Gasteiger charge is 2.32. The number of Topliss-reactive ketones (excluding diaryl/α,β-unsaturated/α-hetero) is 1. The maximum absolute atomic E-state index is 12.8. The number of ketones is 1. The molecule has 1 amide bonds. The molecule has 0 bridgehead atoms. The van der Waals surface area contributed by atoms with E-state index in [-0.39, 0.29) is 28.7 Å². The Hall–Kier alpha value is -0.940. The van der Waals surface area contributed by atoms with Crippen LogP contribution in [0.15, 0.2) is 0 Å². The van der Waals surface area contributed by atoms with Crippen molar-refractivity contribution >= 4 is 11.7 Å². The minimum absolute atomic E-state index is 0.0436. The number of hydrogen-bond donors (Lipinski definition) is 3. The Morgan fingerprint density at radius 3 is 2.19 bits per heavy atom. The van der Waals surface area contributed by atoms with Gasteiger partial charge in [-0.1, -0.05) is 40.5 Å². The Balaban J connectivity index is 4.33. The van der Waals surface area contributed by atoms with Gasteiger partial charge in [0.15, 0.2) is 5.78 Å². The van der Waals surface area contributed by atoms with E-state index in [2.05, 4.69) is 31.4 Å². The first-order valence-corrected chi connectivity index (χ1v) is 10.8. The largest absolute Gasteiger partial charge is 0.356 e. The predicted octanol–water partition coefficient (Wildman–Crippen LogP) is 3.94. The summed E-state index contributed by atoms with van der Waals surface area (Å²) in [6, 6.07) is -0.126. The molecule has 160 valence electrons. The summed E-state index contributed by atoms with van der Waals surface area (Å²) in [7, 11) is 0. The molecular formula is C22H45N3O2. The molecule has 0 spiro atoms. The van der Waals surface area contributed by atoms with Gasteiger partial charge >= 0.3 is 0 Å². The fourth-order valence-electron chi connectivity index (χ4n) is 3.36. The van der Waals surface area contributed by atoms with E-state index in [1.165, 1.54) is 0 Å². The molecular weight excluding hydrogens is 338 g/mol. The number of unbranched alkanes of at least 4 members (excludes halogenated alkanes) is 3. The highest BCUT2D eigenvalue weighted by molar-refractivity contribution is 5.88. The fraction of sp³-hybridized carbons (Fsp3) is 0.909. The van der Waals surface area contributed by atoms with Crippen molar-refractivity contribution in [2.45, 2.75) is 111 Å². The molecule has 27 heavy (non-hydrogen) atoms.